The van der Waals surface area contributed by atoms with Gasteiger partial charge in [-0.3, -0.25) is 0 Å². The van der Waals surface area contributed by atoms with E-state index in [1.54, 1.807) is 11.3 Å². The number of hydrogen-bond donors (Lipinski definition) is 1. The quantitative estimate of drug-likeness (QED) is 0.935. The maximum Gasteiger partial charge on any atom is 0.137 e. The van der Waals surface area contributed by atoms with Gasteiger partial charge in [0.15, 0.2) is 0 Å². The van der Waals surface area contributed by atoms with Gasteiger partial charge in [-0.2, -0.15) is 11.8 Å². The molecule has 1 aliphatic rings. The topological polar surface area (TPSA) is 50.7 Å². The van der Waals surface area contributed by atoms with Crippen molar-refractivity contribution in [2.24, 2.45) is 0 Å². The molecule has 0 saturated heterocycles. The van der Waals surface area contributed by atoms with Gasteiger partial charge in [0.2, 0.25) is 0 Å². The summed E-state index contributed by atoms with van der Waals surface area (Å²) < 4.78 is 0. The molecule has 2 aromatic heterocycles. The number of aryl methyl sites for hydroxylation is 1. The van der Waals surface area contributed by atoms with Gasteiger partial charge in [-0.25, -0.2) is 15.0 Å². The van der Waals surface area contributed by atoms with E-state index in [1.165, 1.54) is 11.3 Å². The van der Waals surface area contributed by atoms with E-state index in [1.807, 2.05) is 25.7 Å². The Morgan fingerprint density at radius 3 is 2.89 bits per heavy atom. The molecule has 4 nitrogen and oxygen atoms in total. The summed E-state index contributed by atoms with van der Waals surface area (Å²) in [5.41, 5.74) is 3.52. The van der Waals surface area contributed by atoms with Gasteiger partial charge in [0.25, 0.3) is 0 Å². The maximum absolute atomic E-state index is 4.66. The van der Waals surface area contributed by atoms with Crippen molar-refractivity contribution in [1.82, 2.24) is 15.0 Å². The van der Waals surface area contributed by atoms with Crippen molar-refractivity contribution >= 4 is 28.9 Å². The Kier molecular flexibility index (Phi) is 3.22. The molecular formula is C12H14N4S2. The van der Waals surface area contributed by atoms with E-state index in [-0.39, 0.29) is 0 Å². The predicted octanol–water partition coefficient (Wildman–Crippen LogP) is 2.62. The predicted molar refractivity (Wildman–Crippen MR) is 76.2 cm³/mol. The van der Waals surface area contributed by atoms with E-state index in [0.29, 0.717) is 0 Å². The molecule has 3 heterocycles. The lowest BCUT2D eigenvalue weighted by Crippen LogP contribution is -2.06. The molecule has 0 bridgehead atoms. The monoisotopic (exact) mass is 278 g/mol. The van der Waals surface area contributed by atoms with Crippen molar-refractivity contribution < 1.29 is 0 Å². The Balaban J connectivity index is 1.93. The van der Waals surface area contributed by atoms with Crippen molar-refractivity contribution in [2.75, 3.05) is 12.4 Å². The van der Waals surface area contributed by atoms with Gasteiger partial charge in [-0.1, -0.05) is 0 Å². The largest absolute Gasteiger partial charge is 0.373 e. The molecule has 1 aliphatic heterocycles. The standard InChI is InChI=1S/C12H14N4S2/c1-7-4-18-11(14-7)3-10-15-9-6-17-5-8(9)12(13-2)16-10/h4H,3,5-6H2,1-2H3,(H,13,15,16). The van der Waals surface area contributed by atoms with E-state index in [2.05, 4.69) is 25.6 Å². The summed E-state index contributed by atoms with van der Waals surface area (Å²) in [7, 11) is 1.92. The Labute approximate surface area is 114 Å². The molecule has 2 aromatic rings. The molecule has 0 aliphatic carbocycles. The summed E-state index contributed by atoms with van der Waals surface area (Å²) in [4.78, 5) is 13.7. The number of thiazole rings is 1. The fourth-order valence-electron chi connectivity index (χ4n) is 2.01. The summed E-state index contributed by atoms with van der Waals surface area (Å²) in [6.07, 6.45) is 0.727. The lowest BCUT2D eigenvalue weighted by Gasteiger charge is -2.08. The van der Waals surface area contributed by atoms with Crippen LogP contribution in [0, 0.1) is 6.92 Å². The Morgan fingerprint density at radius 2 is 2.17 bits per heavy atom. The number of thioether (sulfide) groups is 1. The minimum Gasteiger partial charge on any atom is -0.373 e. The number of fused-ring (bicyclic) bond motifs is 1. The minimum absolute atomic E-state index is 0.727. The maximum atomic E-state index is 4.66. The molecule has 0 atom stereocenters. The van der Waals surface area contributed by atoms with E-state index in [4.69, 9.17) is 0 Å². The summed E-state index contributed by atoms with van der Waals surface area (Å²) in [5, 5.41) is 6.33. The van der Waals surface area contributed by atoms with Crippen LogP contribution in [0.2, 0.25) is 0 Å². The zero-order chi connectivity index (χ0) is 12.5. The number of nitrogens with one attached hydrogen (secondary N) is 1. The highest BCUT2D eigenvalue weighted by atomic mass is 32.2. The van der Waals surface area contributed by atoms with Crippen LogP contribution >= 0.6 is 23.1 Å². The summed E-state index contributed by atoms with van der Waals surface area (Å²) >= 11 is 3.57. The number of anilines is 1. The summed E-state index contributed by atoms with van der Waals surface area (Å²) in [5.74, 6) is 3.86. The van der Waals surface area contributed by atoms with Gasteiger partial charge >= 0.3 is 0 Å². The molecule has 94 valence electrons. The highest BCUT2D eigenvalue weighted by molar-refractivity contribution is 7.98. The molecular weight excluding hydrogens is 264 g/mol. The zero-order valence-electron chi connectivity index (χ0n) is 10.4. The van der Waals surface area contributed by atoms with Crippen LogP contribution in [-0.4, -0.2) is 22.0 Å². The number of hydrogen-bond acceptors (Lipinski definition) is 6. The first kappa shape index (κ1) is 11.9. The van der Waals surface area contributed by atoms with Crippen molar-refractivity contribution in [3.63, 3.8) is 0 Å². The third kappa shape index (κ3) is 2.22. The molecule has 0 fully saturated rings. The Bertz CT molecular complexity index is 579. The van der Waals surface area contributed by atoms with Crippen molar-refractivity contribution in [3.05, 3.63) is 33.2 Å². The molecule has 0 radical (unpaired) electrons. The SMILES string of the molecule is CNc1nc(Cc2nc(C)cs2)nc2c1CSC2. The van der Waals surface area contributed by atoms with E-state index < -0.39 is 0 Å². The third-order valence-electron chi connectivity index (χ3n) is 2.84. The Morgan fingerprint density at radius 1 is 1.28 bits per heavy atom. The van der Waals surface area contributed by atoms with Crippen LogP contribution in [0.1, 0.15) is 27.8 Å². The molecule has 1 N–H and O–H groups in total. The smallest absolute Gasteiger partial charge is 0.137 e. The summed E-state index contributed by atoms with van der Waals surface area (Å²) in [6, 6.07) is 0. The number of nitrogens with zero attached hydrogens (tertiary/aromatic N) is 3. The van der Waals surface area contributed by atoms with Crippen LogP contribution in [0.15, 0.2) is 5.38 Å². The van der Waals surface area contributed by atoms with Gasteiger partial charge in [-0.15, -0.1) is 11.3 Å². The van der Waals surface area contributed by atoms with Crippen molar-refractivity contribution in [1.29, 1.82) is 0 Å². The average molecular weight is 278 g/mol. The fraction of sp³-hybridized carbons (Fsp3) is 0.417. The van der Waals surface area contributed by atoms with Crippen LogP contribution in [0.4, 0.5) is 5.82 Å². The molecule has 0 spiro atoms. The van der Waals surface area contributed by atoms with Crippen molar-refractivity contribution in [2.45, 2.75) is 24.9 Å². The normalized spacial score (nSPS) is 13.7. The van der Waals surface area contributed by atoms with E-state index >= 15 is 0 Å². The Hall–Kier alpha value is -1.14. The average Bonchev–Trinajstić information content (AvgIpc) is 2.97. The molecule has 6 heteroatoms. The van der Waals surface area contributed by atoms with Gasteiger partial charge in [0.05, 0.1) is 12.1 Å². The minimum atomic E-state index is 0.727. The molecule has 0 unspecified atom stereocenters. The second-order valence-electron chi connectivity index (χ2n) is 4.22. The van der Waals surface area contributed by atoms with Crippen LogP contribution in [-0.2, 0) is 17.9 Å². The van der Waals surface area contributed by atoms with Crippen LogP contribution < -0.4 is 5.32 Å². The lowest BCUT2D eigenvalue weighted by atomic mass is 10.2. The van der Waals surface area contributed by atoms with Gasteiger partial charge in [0.1, 0.15) is 16.6 Å². The molecule has 18 heavy (non-hydrogen) atoms. The molecule has 0 saturated carbocycles. The lowest BCUT2D eigenvalue weighted by molar-refractivity contribution is 0.919. The van der Waals surface area contributed by atoms with Crippen LogP contribution in [0.3, 0.4) is 0 Å². The molecule has 0 aromatic carbocycles. The summed E-state index contributed by atoms with van der Waals surface area (Å²) in [6.45, 7) is 2.01. The highest BCUT2D eigenvalue weighted by Gasteiger charge is 2.19. The second kappa shape index (κ2) is 4.85. The van der Waals surface area contributed by atoms with Crippen LogP contribution in [0.25, 0.3) is 0 Å². The fourth-order valence-corrected chi connectivity index (χ4v) is 3.82. The third-order valence-corrected chi connectivity index (χ3v) is 4.77. The van der Waals surface area contributed by atoms with Gasteiger partial charge in [0, 0.05) is 35.2 Å². The van der Waals surface area contributed by atoms with E-state index in [0.717, 1.165) is 40.3 Å². The highest BCUT2D eigenvalue weighted by Crippen LogP contribution is 2.32. The van der Waals surface area contributed by atoms with Crippen molar-refractivity contribution in [3.8, 4) is 0 Å². The first-order valence-electron chi connectivity index (χ1n) is 5.81. The second-order valence-corrected chi connectivity index (χ2v) is 6.14. The van der Waals surface area contributed by atoms with E-state index in [9.17, 15) is 0 Å². The number of aromatic nitrogens is 3. The molecule has 3 rings (SSSR count). The first-order valence-corrected chi connectivity index (χ1v) is 7.85. The molecule has 0 amide bonds. The van der Waals surface area contributed by atoms with Gasteiger partial charge < -0.3 is 5.32 Å². The van der Waals surface area contributed by atoms with Gasteiger partial charge in [-0.05, 0) is 6.92 Å². The first-order chi connectivity index (χ1) is 8.76. The zero-order valence-corrected chi connectivity index (χ0v) is 12.0. The number of rotatable bonds is 3. The van der Waals surface area contributed by atoms with Crippen LogP contribution in [0.5, 0.6) is 0 Å².